The lowest BCUT2D eigenvalue weighted by molar-refractivity contribution is 0.0332. The molecule has 1 unspecified atom stereocenters. The van der Waals surface area contributed by atoms with E-state index in [0.717, 1.165) is 37.7 Å². The minimum absolute atomic E-state index is 0.203. The first-order valence-corrected chi connectivity index (χ1v) is 11.7. The summed E-state index contributed by atoms with van der Waals surface area (Å²) in [5.74, 6) is 1.29. The van der Waals surface area contributed by atoms with Crippen LogP contribution in [0.2, 0.25) is 0 Å². The number of rotatable bonds is 7. The number of hydrogen-bond donors (Lipinski definition) is 1. The van der Waals surface area contributed by atoms with Crippen LogP contribution in [0.3, 0.4) is 0 Å². The number of benzene rings is 1. The van der Waals surface area contributed by atoms with Crippen molar-refractivity contribution < 1.29 is 9.15 Å². The maximum atomic E-state index is 6.02. The van der Waals surface area contributed by atoms with Crippen LogP contribution in [0.4, 0.5) is 0 Å². The summed E-state index contributed by atoms with van der Waals surface area (Å²) in [6, 6.07) is 13.0. The van der Waals surface area contributed by atoms with E-state index in [1.165, 1.54) is 41.7 Å². The highest BCUT2D eigenvalue weighted by atomic mass is 32.1. The molecular weight excluding hydrogens is 396 g/mol. The highest BCUT2D eigenvalue weighted by Gasteiger charge is 2.20. The van der Waals surface area contributed by atoms with Crippen LogP contribution in [-0.2, 0) is 24.1 Å². The molecule has 5 rings (SSSR count). The average molecular weight is 425 g/mol. The number of fused-ring (bicyclic) bond motifs is 1. The second-order valence-corrected chi connectivity index (χ2v) is 9.16. The zero-order chi connectivity index (χ0) is 20.2. The van der Waals surface area contributed by atoms with E-state index in [1.807, 2.05) is 11.3 Å². The topological polar surface area (TPSA) is 63.4 Å². The van der Waals surface area contributed by atoms with Gasteiger partial charge in [0.25, 0.3) is 5.89 Å². The molecule has 0 saturated carbocycles. The van der Waals surface area contributed by atoms with Crippen molar-refractivity contribution in [2.24, 2.45) is 0 Å². The maximum absolute atomic E-state index is 6.02. The number of thiophene rings is 1. The fourth-order valence-corrected chi connectivity index (χ4v) is 5.42. The van der Waals surface area contributed by atoms with Gasteiger partial charge in [-0.1, -0.05) is 30.3 Å². The van der Waals surface area contributed by atoms with Gasteiger partial charge in [0.15, 0.2) is 0 Å². The SMILES string of the molecule is c1ccc(C(CN2CCOCC2)NCc2nnc(-c3cc4c(s3)CCCC4)o2)cc1. The lowest BCUT2D eigenvalue weighted by atomic mass is 9.99. The molecule has 0 amide bonds. The lowest BCUT2D eigenvalue weighted by Crippen LogP contribution is -2.41. The number of aromatic nitrogens is 2. The smallest absolute Gasteiger partial charge is 0.257 e. The van der Waals surface area contributed by atoms with Crippen molar-refractivity contribution in [3.05, 3.63) is 58.3 Å². The highest BCUT2D eigenvalue weighted by molar-refractivity contribution is 7.15. The van der Waals surface area contributed by atoms with Crippen molar-refractivity contribution in [2.45, 2.75) is 38.3 Å². The molecule has 1 aromatic carbocycles. The van der Waals surface area contributed by atoms with Crippen LogP contribution in [0.25, 0.3) is 10.8 Å². The molecule has 6 nitrogen and oxygen atoms in total. The van der Waals surface area contributed by atoms with E-state index in [4.69, 9.17) is 9.15 Å². The Morgan fingerprint density at radius 1 is 1.07 bits per heavy atom. The van der Waals surface area contributed by atoms with Gasteiger partial charge in [-0.25, -0.2) is 0 Å². The second-order valence-electron chi connectivity index (χ2n) is 8.02. The number of nitrogens with one attached hydrogen (secondary N) is 1. The van der Waals surface area contributed by atoms with Gasteiger partial charge in [-0.05, 0) is 42.9 Å². The molecule has 158 valence electrons. The van der Waals surface area contributed by atoms with Crippen LogP contribution in [-0.4, -0.2) is 47.9 Å². The van der Waals surface area contributed by atoms with E-state index in [9.17, 15) is 0 Å². The lowest BCUT2D eigenvalue weighted by Gasteiger charge is -2.31. The summed E-state index contributed by atoms with van der Waals surface area (Å²) in [4.78, 5) is 5.04. The Morgan fingerprint density at radius 2 is 1.90 bits per heavy atom. The van der Waals surface area contributed by atoms with E-state index in [2.05, 4.69) is 56.8 Å². The second kappa shape index (κ2) is 9.39. The van der Waals surface area contributed by atoms with Gasteiger partial charge in [-0.15, -0.1) is 21.5 Å². The predicted octanol–water partition coefficient (Wildman–Crippen LogP) is 3.84. The standard InChI is InChI=1S/C23H28N4O2S/c1-2-6-17(7-3-1)19(16-27-10-12-28-13-11-27)24-15-22-25-26-23(29-22)21-14-18-8-4-5-9-20(18)30-21/h1-3,6-7,14,19,24H,4-5,8-13,15-16H2. The molecule has 1 fully saturated rings. The van der Waals surface area contributed by atoms with Gasteiger partial charge in [0, 0.05) is 30.6 Å². The first-order chi connectivity index (χ1) is 14.8. The Morgan fingerprint density at radius 3 is 2.73 bits per heavy atom. The summed E-state index contributed by atoms with van der Waals surface area (Å²) in [6.07, 6.45) is 4.93. The Kier molecular flexibility index (Phi) is 6.22. The molecule has 1 saturated heterocycles. The molecule has 1 N–H and O–H groups in total. The first-order valence-electron chi connectivity index (χ1n) is 10.9. The summed E-state index contributed by atoms with van der Waals surface area (Å²) in [5.41, 5.74) is 2.74. The van der Waals surface area contributed by atoms with Crippen molar-refractivity contribution in [1.82, 2.24) is 20.4 Å². The Hall–Kier alpha value is -2.06. The van der Waals surface area contributed by atoms with E-state index in [-0.39, 0.29) is 6.04 Å². The zero-order valence-electron chi connectivity index (χ0n) is 17.2. The van der Waals surface area contributed by atoms with Gasteiger partial charge in [0.1, 0.15) is 0 Å². The van der Waals surface area contributed by atoms with Crippen LogP contribution in [0.5, 0.6) is 0 Å². The summed E-state index contributed by atoms with van der Waals surface area (Å²) in [5, 5.41) is 12.3. The monoisotopic (exact) mass is 424 g/mol. The predicted molar refractivity (Wildman–Crippen MR) is 118 cm³/mol. The van der Waals surface area contributed by atoms with E-state index in [0.29, 0.717) is 18.3 Å². The van der Waals surface area contributed by atoms with Crippen molar-refractivity contribution in [1.29, 1.82) is 0 Å². The summed E-state index contributed by atoms with van der Waals surface area (Å²) < 4.78 is 11.5. The zero-order valence-corrected chi connectivity index (χ0v) is 18.0. The normalized spacial score (nSPS) is 18.3. The maximum Gasteiger partial charge on any atom is 0.257 e. The summed E-state index contributed by atoms with van der Waals surface area (Å²) >= 11 is 1.81. The largest absolute Gasteiger partial charge is 0.419 e. The number of ether oxygens (including phenoxy) is 1. The third-order valence-corrected chi connectivity index (χ3v) is 7.15. The summed E-state index contributed by atoms with van der Waals surface area (Å²) in [7, 11) is 0. The molecule has 3 heterocycles. The van der Waals surface area contributed by atoms with E-state index < -0.39 is 0 Å². The number of morpholine rings is 1. The molecule has 2 aliphatic rings. The Balaban J connectivity index is 1.26. The van der Waals surface area contributed by atoms with Gasteiger partial charge >= 0.3 is 0 Å². The van der Waals surface area contributed by atoms with Gasteiger partial charge in [-0.2, -0.15) is 0 Å². The molecule has 7 heteroatoms. The van der Waals surface area contributed by atoms with Crippen LogP contribution >= 0.6 is 11.3 Å². The molecule has 0 spiro atoms. The molecule has 30 heavy (non-hydrogen) atoms. The molecule has 1 aliphatic heterocycles. The van der Waals surface area contributed by atoms with Gasteiger partial charge < -0.3 is 14.5 Å². The highest BCUT2D eigenvalue weighted by Crippen LogP contribution is 2.35. The van der Waals surface area contributed by atoms with Gasteiger partial charge in [-0.3, -0.25) is 4.90 Å². The third kappa shape index (κ3) is 4.64. The number of aryl methyl sites for hydroxylation is 2. The number of nitrogens with zero attached hydrogens (tertiary/aromatic N) is 3. The van der Waals surface area contributed by atoms with Crippen molar-refractivity contribution in [2.75, 3.05) is 32.8 Å². The number of hydrogen-bond acceptors (Lipinski definition) is 7. The minimum atomic E-state index is 0.203. The van der Waals surface area contributed by atoms with E-state index in [1.54, 1.807) is 0 Å². The third-order valence-electron chi connectivity index (χ3n) is 5.92. The van der Waals surface area contributed by atoms with Crippen LogP contribution in [0.15, 0.2) is 40.8 Å². The fraction of sp³-hybridized carbons (Fsp3) is 0.478. The van der Waals surface area contributed by atoms with Crippen LogP contribution in [0.1, 0.15) is 40.8 Å². The minimum Gasteiger partial charge on any atom is -0.419 e. The van der Waals surface area contributed by atoms with Gasteiger partial charge in [0.2, 0.25) is 5.89 Å². The van der Waals surface area contributed by atoms with Crippen molar-refractivity contribution >= 4 is 11.3 Å². The fourth-order valence-electron chi connectivity index (χ4n) is 4.25. The molecule has 1 aliphatic carbocycles. The molecule has 2 aromatic heterocycles. The Bertz CT molecular complexity index is 926. The average Bonchev–Trinajstić information content (AvgIpc) is 3.45. The van der Waals surface area contributed by atoms with Crippen molar-refractivity contribution in [3.63, 3.8) is 0 Å². The van der Waals surface area contributed by atoms with Gasteiger partial charge in [0.05, 0.1) is 24.6 Å². The molecule has 3 aromatic rings. The van der Waals surface area contributed by atoms with E-state index >= 15 is 0 Å². The molecular formula is C23H28N4O2S. The summed E-state index contributed by atoms with van der Waals surface area (Å²) in [6.45, 7) is 5.05. The van der Waals surface area contributed by atoms with Crippen LogP contribution < -0.4 is 5.32 Å². The van der Waals surface area contributed by atoms with Crippen molar-refractivity contribution in [3.8, 4) is 10.8 Å². The molecule has 0 bridgehead atoms. The first kappa shape index (κ1) is 19.9. The quantitative estimate of drug-likeness (QED) is 0.622. The van der Waals surface area contributed by atoms with Crippen LogP contribution in [0, 0.1) is 0 Å². The Labute approximate surface area is 181 Å². The molecule has 1 atom stereocenters. The molecule has 0 radical (unpaired) electrons.